The summed E-state index contributed by atoms with van der Waals surface area (Å²) in [4.78, 5) is 0. The highest BCUT2D eigenvalue weighted by Gasteiger charge is 2.13. The van der Waals surface area contributed by atoms with Gasteiger partial charge in [0.15, 0.2) is 0 Å². The standard InChI is InChI=1S/C16H17BrFNO/c1-9-7-16(20)10(2)6-15(9)19-11(3)13-8-12(17)4-5-14(13)18/h4-8,11,19-20H,1-3H3. The summed E-state index contributed by atoms with van der Waals surface area (Å²) >= 11 is 3.36. The number of hydrogen-bond donors (Lipinski definition) is 2. The fourth-order valence-electron chi connectivity index (χ4n) is 2.11. The van der Waals surface area contributed by atoms with Crippen molar-refractivity contribution in [2.24, 2.45) is 0 Å². The molecule has 2 N–H and O–H groups in total. The number of aromatic hydroxyl groups is 1. The summed E-state index contributed by atoms with van der Waals surface area (Å²) in [5.74, 6) is 0.0377. The fourth-order valence-corrected chi connectivity index (χ4v) is 2.49. The van der Waals surface area contributed by atoms with Gasteiger partial charge in [0.05, 0.1) is 6.04 Å². The normalized spacial score (nSPS) is 12.2. The van der Waals surface area contributed by atoms with Gasteiger partial charge in [-0.2, -0.15) is 0 Å². The monoisotopic (exact) mass is 337 g/mol. The molecule has 0 amide bonds. The van der Waals surface area contributed by atoms with Crippen molar-refractivity contribution in [1.82, 2.24) is 0 Å². The van der Waals surface area contributed by atoms with Crippen LogP contribution in [0.15, 0.2) is 34.8 Å². The average Bonchev–Trinajstić information content (AvgIpc) is 2.38. The molecule has 0 radical (unpaired) electrons. The maximum atomic E-state index is 13.9. The number of anilines is 1. The lowest BCUT2D eigenvalue weighted by atomic mass is 10.1. The number of benzene rings is 2. The Bertz CT molecular complexity index is 643. The van der Waals surface area contributed by atoms with Crippen LogP contribution in [0.2, 0.25) is 0 Å². The largest absolute Gasteiger partial charge is 0.508 e. The van der Waals surface area contributed by atoms with Crippen LogP contribution in [0.1, 0.15) is 29.7 Å². The van der Waals surface area contributed by atoms with Gasteiger partial charge in [-0.1, -0.05) is 15.9 Å². The summed E-state index contributed by atoms with van der Waals surface area (Å²) in [5, 5.41) is 13.0. The van der Waals surface area contributed by atoms with Gasteiger partial charge < -0.3 is 10.4 Å². The molecule has 2 aromatic carbocycles. The molecular formula is C16H17BrFNO. The van der Waals surface area contributed by atoms with Gasteiger partial charge >= 0.3 is 0 Å². The van der Waals surface area contributed by atoms with Crippen molar-refractivity contribution in [3.8, 4) is 5.75 Å². The molecule has 4 heteroatoms. The summed E-state index contributed by atoms with van der Waals surface area (Å²) in [6, 6.07) is 8.32. The Hall–Kier alpha value is -1.55. The second-order valence-electron chi connectivity index (χ2n) is 4.99. The second-order valence-corrected chi connectivity index (χ2v) is 5.90. The molecule has 1 unspecified atom stereocenters. The molecule has 0 fully saturated rings. The molecule has 0 heterocycles. The molecule has 0 aromatic heterocycles. The number of phenols is 1. The van der Waals surface area contributed by atoms with E-state index >= 15 is 0 Å². The third-order valence-corrected chi connectivity index (χ3v) is 3.83. The minimum Gasteiger partial charge on any atom is -0.508 e. The summed E-state index contributed by atoms with van der Waals surface area (Å²) in [6.07, 6.45) is 0. The summed E-state index contributed by atoms with van der Waals surface area (Å²) in [5.41, 5.74) is 3.21. The summed E-state index contributed by atoms with van der Waals surface area (Å²) in [7, 11) is 0. The van der Waals surface area contributed by atoms with E-state index in [1.165, 1.54) is 6.07 Å². The lowest BCUT2D eigenvalue weighted by Crippen LogP contribution is -2.09. The molecule has 0 aliphatic carbocycles. The van der Waals surface area contributed by atoms with Crippen LogP contribution in [0.3, 0.4) is 0 Å². The first-order valence-corrected chi connectivity index (χ1v) is 7.19. The Morgan fingerprint density at radius 1 is 1.15 bits per heavy atom. The maximum absolute atomic E-state index is 13.9. The van der Waals surface area contributed by atoms with E-state index in [9.17, 15) is 9.50 Å². The third-order valence-electron chi connectivity index (χ3n) is 3.34. The van der Waals surface area contributed by atoms with Crippen LogP contribution in [0.25, 0.3) is 0 Å². The molecule has 0 aliphatic heterocycles. The first-order chi connectivity index (χ1) is 9.38. The highest BCUT2D eigenvalue weighted by atomic mass is 79.9. The zero-order valence-corrected chi connectivity index (χ0v) is 13.3. The van der Waals surface area contributed by atoms with Crippen LogP contribution in [0.5, 0.6) is 5.75 Å². The zero-order chi connectivity index (χ0) is 14.9. The van der Waals surface area contributed by atoms with Crippen molar-refractivity contribution < 1.29 is 9.50 Å². The maximum Gasteiger partial charge on any atom is 0.128 e. The zero-order valence-electron chi connectivity index (χ0n) is 11.7. The van der Waals surface area contributed by atoms with E-state index in [-0.39, 0.29) is 17.6 Å². The number of aryl methyl sites for hydroxylation is 2. The molecule has 0 bridgehead atoms. The van der Waals surface area contributed by atoms with Gasteiger partial charge in [-0.05, 0) is 62.2 Å². The fraction of sp³-hybridized carbons (Fsp3) is 0.250. The minimum absolute atomic E-state index is 0.171. The first-order valence-electron chi connectivity index (χ1n) is 6.40. The predicted molar refractivity (Wildman–Crippen MR) is 83.7 cm³/mol. The van der Waals surface area contributed by atoms with Crippen LogP contribution in [0.4, 0.5) is 10.1 Å². The third kappa shape index (κ3) is 3.12. The molecule has 0 saturated heterocycles. The van der Waals surface area contributed by atoms with Crippen molar-refractivity contribution >= 4 is 21.6 Å². The number of nitrogens with one attached hydrogen (secondary N) is 1. The van der Waals surface area contributed by atoms with Gasteiger partial charge in [0.1, 0.15) is 11.6 Å². The van der Waals surface area contributed by atoms with Crippen LogP contribution < -0.4 is 5.32 Å². The van der Waals surface area contributed by atoms with Gasteiger partial charge in [0, 0.05) is 15.7 Å². The van der Waals surface area contributed by atoms with Gasteiger partial charge in [-0.3, -0.25) is 0 Å². The van der Waals surface area contributed by atoms with Crippen LogP contribution >= 0.6 is 15.9 Å². The molecule has 1 atom stereocenters. The first kappa shape index (κ1) is 14.9. The Morgan fingerprint density at radius 3 is 2.55 bits per heavy atom. The SMILES string of the molecule is Cc1cc(NC(C)c2cc(Br)ccc2F)c(C)cc1O. The Morgan fingerprint density at radius 2 is 1.85 bits per heavy atom. The Balaban J connectivity index is 2.30. The van der Waals surface area contributed by atoms with E-state index in [1.54, 1.807) is 18.2 Å². The van der Waals surface area contributed by atoms with Crippen molar-refractivity contribution in [3.63, 3.8) is 0 Å². The lowest BCUT2D eigenvalue weighted by Gasteiger charge is -2.19. The molecule has 0 saturated carbocycles. The van der Waals surface area contributed by atoms with Crippen LogP contribution in [-0.2, 0) is 0 Å². The molecule has 2 nitrogen and oxygen atoms in total. The van der Waals surface area contributed by atoms with Gasteiger partial charge in [0.2, 0.25) is 0 Å². The van der Waals surface area contributed by atoms with Gasteiger partial charge in [0.25, 0.3) is 0 Å². The molecule has 2 rings (SSSR count). The van der Waals surface area contributed by atoms with Crippen molar-refractivity contribution in [1.29, 1.82) is 0 Å². The lowest BCUT2D eigenvalue weighted by molar-refractivity contribution is 0.470. The van der Waals surface area contributed by atoms with E-state index in [0.29, 0.717) is 5.56 Å². The topological polar surface area (TPSA) is 32.3 Å². The summed E-state index contributed by atoms with van der Waals surface area (Å²) in [6.45, 7) is 5.66. The van der Waals surface area contributed by atoms with Crippen LogP contribution in [0, 0.1) is 19.7 Å². The second kappa shape index (κ2) is 5.83. The predicted octanol–water partition coefficient (Wildman–Crippen LogP) is 5.08. The smallest absolute Gasteiger partial charge is 0.128 e. The van der Waals surface area contributed by atoms with E-state index in [2.05, 4.69) is 21.2 Å². The minimum atomic E-state index is -0.235. The van der Waals surface area contributed by atoms with E-state index in [0.717, 1.165) is 21.3 Å². The van der Waals surface area contributed by atoms with Gasteiger partial charge in [-0.15, -0.1) is 0 Å². The van der Waals surface area contributed by atoms with E-state index < -0.39 is 0 Å². The van der Waals surface area contributed by atoms with Crippen molar-refractivity contribution in [3.05, 3.63) is 57.3 Å². The number of rotatable bonds is 3. The van der Waals surface area contributed by atoms with Crippen molar-refractivity contribution in [2.75, 3.05) is 5.32 Å². The average molecular weight is 338 g/mol. The summed E-state index contributed by atoms with van der Waals surface area (Å²) < 4.78 is 14.7. The molecule has 0 aliphatic rings. The van der Waals surface area contributed by atoms with Gasteiger partial charge in [-0.25, -0.2) is 4.39 Å². The van der Waals surface area contributed by atoms with E-state index in [4.69, 9.17) is 0 Å². The van der Waals surface area contributed by atoms with E-state index in [1.807, 2.05) is 26.8 Å². The highest BCUT2D eigenvalue weighted by Crippen LogP contribution is 2.29. The Labute approximate surface area is 126 Å². The molecule has 0 spiro atoms. The van der Waals surface area contributed by atoms with Crippen molar-refractivity contribution in [2.45, 2.75) is 26.8 Å². The Kier molecular flexibility index (Phi) is 4.33. The number of halogens is 2. The quantitative estimate of drug-likeness (QED) is 0.765. The number of hydrogen-bond acceptors (Lipinski definition) is 2. The molecule has 106 valence electrons. The highest BCUT2D eigenvalue weighted by molar-refractivity contribution is 9.10. The van der Waals surface area contributed by atoms with Crippen LogP contribution in [-0.4, -0.2) is 5.11 Å². The molecule has 2 aromatic rings. The molecule has 20 heavy (non-hydrogen) atoms. The number of phenolic OH excluding ortho intramolecular Hbond substituents is 1. The molecular weight excluding hydrogens is 321 g/mol.